The van der Waals surface area contributed by atoms with E-state index >= 15 is 0 Å². The number of aliphatic imine (C=N–C) groups is 1. The topological polar surface area (TPSA) is 61.8 Å². The van der Waals surface area contributed by atoms with Gasteiger partial charge < -0.3 is 15.4 Å². The van der Waals surface area contributed by atoms with Crippen molar-refractivity contribution < 1.29 is 17.9 Å². The fraction of sp³-hybridized carbons (Fsp3) is 0.700. The van der Waals surface area contributed by atoms with Gasteiger partial charge in [-0.15, -0.1) is 24.0 Å². The fourth-order valence-corrected chi connectivity index (χ4v) is 3.86. The van der Waals surface area contributed by atoms with Crippen LogP contribution in [0.1, 0.15) is 44.1 Å². The van der Waals surface area contributed by atoms with Gasteiger partial charge in [0.25, 0.3) is 0 Å². The van der Waals surface area contributed by atoms with Crippen LogP contribution in [0, 0.1) is 0 Å². The third-order valence-corrected chi connectivity index (χ3v) is 5.34. The maximum absolute atomic E-state index is 12.5. The van der Waals surface area contributed by atoms with Crippen molar-refractivity contribution in [1.29, 1.82) is 0 Å². The van der Waals surface area contributed by atoms with E-state index in [1.54, 1.807) is 13.2 Å². The molecule has 1 saturated carbocycles. The zero-order chi connectivity index (χ0) is 20.7. The van der Waals surface area contributed by atoms with Crippen LogP contribution in [0.15, 0.2) is 23.3 Å². The van der Waals surface area contributed by atoms with Crippen LogP contribution in [0.4, 0.5) is 13.2 Å². The molecule has 1 aliphatic carbocycles. The van der Waals surface area contributed by atoms with E-state index < -0.39 is 12.7 Å². The predicted octanol–water partition coefficient (Wildman–Crippen LogP) is 3.71. The number of guanidine groups is 1. The molecule has 2 aliphatic rings. The van der Waals surface area contributed by atoms with Crippen molar-refractivity contribution in [2.75, 3.05) is 26.7 Å². The van der Waals surface area contributed by atoms with Crippen LogP contribution in [0.3, 0.4) is 0 Å². The molecule has 0 spiro atoms. The second-order valence-electron chi connectivity index (χ2n) is 7.79. The Morgan fingerprint density at radius 2 is 2.00 bits per heavy atom. The van der Waals surface area contributed by atoms with Crippen LogP contribution in [0.25, 0.3) is 0 Å². The maximum Gasteiger partial charge on any atom is 0.401 e. The van der Waals surface area contributed by atoms with Gasteiger partial charge in [0.2, 0.25) is 5.88 Å². The lowest BCUT2D eigenvalue weighted by atomic mass is 9.98. The second kappa shape index (κ2) is 11.9. The highest BCUT2D eigenvalue weighted by atomic mass is 127. The first kappa shape index (κ1) is 25.0. The summed E-state index contributed by atoms with van der Waals surface area (Å²) in [6.45, 7) is 0.447. The van der Waals surface area contributed by atoms with E-state index in [4.69, 9.17) is 4.74 Å². The average molecular weight is 541 g/mol. The van der Waals surface area contributed by atoms with Crippen molar-refractivity contribution in [2.24, 2.45) is 4.99 Å². The van der Waals surface area contributed by atoms with E-state index in [1.165, 1.54) is 24.2 Å². The number of alkyl halides is 3. The highest BCUT2D eigenvalue weighted by molar-refractivity contribution is 14.0. The number of halogens is 4. The minimum Gasteiger partial charge on any atom is -0.474 e. The third-order valence-electron chi connectivity index (χ3n) is 5.34. The van der Waals surface area contributed by atoms with Crippen LogP contribution >= 0.6 is 24.0 Å². The first-order valence-electron chi connectivity index (χ1n) is 10.3. The first-order chi connectivity index (χ1) is 13.9. The van der Waals surface area contributed by atoms with Crippen molar-refractivity contribution in [3.05, 3.63) is 23.9 Å². The molecule has 3 rings (SSSR count). The molecule has 1 atom stereocenters. The fourth-order valence-electron chi connectivity index (χ4n) is 3.86. The summed E-state index contributed by atoms with van der Waals surface area (Å²) in [6, 6.07) is 3.80. The average Bonchev–Trinajstić information content (AvgIpc) is 3.12. The van der Waals surface area contributed by atoms with E-state index in [0.29, 0.717) is 37.9 Å². The molecule has 30 heavy (non-hydrogen) atoms. The quantitative estimate of drug-likeness (QED) is 0.327. The SMILES string of the molecule is CN=C(NCc1ccc(OC2CCCCC2)nc1)NC1CCN(CC(F)(F)F)C1.I. The molecule has 0 aromatic carbocycles. The van der Waals surface area contributed by atoms with Crippen LogP contribution < -0.4 is 15.4 Å². The standard InChI is InChI=1S/C20H30F3N5O.HI/c1-24-19(27-16-9-10-28(13-16)14-20(21,22)23)26-12-15-7-8-18(25-11-15)29-17-5-3-2-4-6-17;/h7-8,11,16-17H,2-6,9-10,12-14H2,1H3,(H2,24,26,27);1H. The summed E-state index contributed by atoms with van der Waals surface area (Å²) in [5.41, 5.74) is 0.981. The van der Waals surface area contributed by atoms with Crippen molar-refractivity contribution >= 4 is 29.9 Å². The van der Waals surface area contributed by atoms with E-state index in [-0.39, 0.29) is 36.1 Å². The van der Waals surface area contributed by atoms with Gasteiger partial charge >= 0.3 is 6.18 Å². The molecule has 1 aliphatic heterocycles. The molecule has 1 aromatic heterocycles. The molecule has 1 unspecified atom stereocenters. The molecule has 0 amide bonds. The second-order valence-corrected chi connectivity index (χ2v) is 7.79. The zero-order valence-electron chi connectivity index (χ0n) is 17.2. The van der Waals surface area contributed by atoms with Crippen LogP contribution in [0.5, 0.6) is 5.88 Å². The number of ether oxygens (including phenoxy) is 1. The van der Waals surface area contributed by atoms with Crippen LogP contribution in [-0.2, 0) is 6.54 Å². The molecule has 0 radical (unpaired) electrons. The Hall–Kier alpha value is -1.30. The van der Waals surface area contributed by atoms with Crippen molar-refractivity contribution in [3.63, 3.8) is 0 Å². The summed E-state index contributed by atoms with van der Waals surface area (Å²) >= 11 is 0. The number of pyridine rings is 1. The minimum atomic E-state index is -4.16. The van der Waals surface area contributed by atoms with Crippen LogP contribution in [0.2, 0.25) is 0 Å². The lowest BCUT2D eigenvalue weighted by Gasteiger charge is -2.22. The van der Waals surface area contributed by atoms with E-state index in [0.717, 1.165) is 18.4 Å². The van der Waals surface area contributed by atoms with Gasteiger partial charge in [-0.1, -0.05) is 12.5 Å². The monoisotopic (exact) mass is 541 g/mol. The smallest absolute Gasteiger partial charge is 0.401 e. The lowest BCUT2D eigenvalue weighted by Crippen LogP contribution is -2.44. The number of nitrogens with zero attached hydrogens (tertiary/aromatic N) is 3. The molecule has 10 heteroatoms. The van der Waals surface area contributed by atoms with Gasteiger partial charge in [0.15, 0.2) is 5.96 Å². The first-order valence-corrected chi connectivity index (χ1v) is 10.3. The summed E-state index contributed by atoms with van der Waals surface area (Å²) in [7, 11) is 1.65. The Kier molecular flexibility index (Phi) is 9.92. The molecule has 6 nitrogen and oxygen atoms in total. The molecular weight excluding hydrogens is 510 g/mol. The Morgan fingerprint density at radius 1 is 1.23 bits per heavy atom. The van der Waals surface area contributed by atoms with Gasteiger partial charge in [-0.05, 0) is 37.7 Å². The van der Waals surface area contributed by atoms with Crippen LogP contribution in [-0.4, -0.2) is 60.8 Å². The van der Waals surface area contributed by atoms with Gasteiger partial charge in [0.1, 0.15) is 6.10 Å². The molecule has 1 aromatic rings. The number of rotatable bonds is 6. The normalized spacial score (nSPS) is 21.2. The molecule has 170 valence electrons. The number of nitrogens with one attached hydrogen (secondary N) is 2. The number of hydrogen-bond acceptors (Lipinski definition) is 4. The predicted molar refractivity (Wildman–Crippen MR) is 121 cm³/mol. The van der Waals surface area contributed by atoms with Gasteiger partial charge in [0.05, 0.1) is 6.54 Å². The molecular formula is C20H31F3IN5O. The molecule has 2 heterocycles. The van der Waals surface area contributed by atoms with E-state index in [9.17, 15) is 13.2 Å². The summed E-state index contributed by atoms with van der Waals surface area (Å²) in [4.78, 5) is 9.97. The summed E-state index contributed by atoms with van der Waals surface area (Å²) < 4.78 is 43.5. The summed E-state index contributed by atoms with van der Waals surface area (Å²) in [5, 5.41) is 6.40. The minimum absolute atomic E-state index is 0. The third kappa shape index (κ3) is 8.44. The highest BCUT2D eigenvalue weighted by Gasteiger charge is 2.34. The molecule has 2 N–H and O–H groups in total. The highest BCUT2D eigenvalue weighted by Crippen LogP contribution is 2.22. The molecule has 2 fully saturated rings. The molecule has 0 bridgehead atoms. The number of likely N-dealkylation sites (tertiary alicyclic amines) is 1. The zero-order valence-corrected chi connectivity index (χ0v) is 19.6. The lowest BCUT2D eigenvalue weighted by molar-refractivity contribution is -0.143. The number of aromatic nitrogens is 1. The van der Waals surface area contributed by atoms with Gasteiger partial charge in [0, 0.05) is 45.0 Å². The largest absolute Gasteiger partial charge is 0.474 e. The van der Waals surface area contributed by atoms with E-state index in [1.807, 2.05) is 12.1 Å². The van der Waals surface area contributed by atoms with Crippen molar-refractivity contribution in [2.45, 2.75) is 63.4 Å². The summed E-state index contributed by atoms with van der Waals surface area (Å²) in [6.07, 6.45) is 4.45. The van der Waals surface area contributed by atoms with Gasteiger partial charge in [-0.3, -0.25) is 9.89 Å². The Bertz CT molecular complexity index is 665. The summed E-state index contributed by atoms with van der Waals surface area (Å²) in [5.74, 6) is 1.23. The Morgan fingerprint density at radius 3 is 2.63 bits per heavy atom. The van der Waals surface area contributed by atoms with E-state index in [2.05, 4.69) is 20.6 Å². The van der Waals surface area contributed by atoms with Gasteiger partial charge in [-0.25, -0.2) is 4.98 Å². The van der Waals surface area contributed by atoms with Crippen molar-refractivity contribution in [3.8, 4) is 5.88 Å². The Labute approximate surface area is 193 Å². The van der Waals surface area contributed by atoms with Crippen molar-refractivity contribution in [1.82, 2.24) is 20.5 Å². The number of hydrogen-bond donors (Lipinski definition) is 2. The maximum atomic E-state index is 12.5. The Balaban J connectivity index is 0.00000320. The molecule has 1 saturated heterocycles. The van der Waals surface area contributed by atoms with Gasteiger partial charge in [-0.2, -0.15) is 13.2 Å².